The van der Waals surface area contributed by atoms with E-state index in [1.807, 2.05) is 4.90 Å². The van der Waals surface area contributed by atoms with Crippen molar-refractivity contribution in [3.05, 3.63) is 35.4 Å². The summed E-state index contributed by atoms with van der Waals surface area (Å²) in [5.74, 6) is -0.299. The average molecular weight is 451 g/mol. The molecule has 0 radical (unpaired) electrons. The highest BCUT2D eigenvalue weighted by molar-refractivity contribution is 5.83. The van der Waals surface area contributed by atoms with Crippen molar-refractivity contribution in [1.82, 2.24) is 15.1 Å². The highest BCUT2D eigenvalue weighted by Gasteiger charge is 2.37. The molecule has 10 heteroatoms. The maximum atomic E-state index is 13.0. The second-order valence-corrected chi connectivity index (χ2v) is 8.53. The van der Waals surface area contributed by atoms with Gasteiger partial charge in [0.05, 0.1) is 23.7 Å². The second kappa shape index (κ2) is 9.98. The van der Waals surface area contributed by atoms with Crippen molar-refractivity contribution in [2.45, 2.75) is 62.6 Å². The molecule has 4 unspecified atom stereocenters. The van der Waals surface area contributed by atoms with Crippen LogP contribution in [0.4, 0.5) is 13.2 Å². The van der Waals surface area contributed by atoms with Crippen molar-refractivity contribution in [2.75, 3.05) is 19.6 Å². The van der Waals surface area contributed by atoms with Crippen LogP contribution in [0.3, 0.4) is 0 Å². The van der Waals surface area contributed by atoms with Gasteiger partial charge >= 0.3 is 6.18 Å². The first-order valence-corrected chi connectivity index (χ1v) is 10.7. The largest absolute Gasteiger partial charge is 0.416 e. The summed E-state index contributed by atoms with van der Waals surface area (Å²) in [6.45, 7) is 2.89. The van der Waals surface area contributed by atoms with Crippen LogP contribution in [0.2, 0.25) is 0 Å². The summed E-state index contributed by atoms with van der Waals surface area (Å²) < 4.78 is 39.0. The summed E-state index contributed by atoms with van der Waals surface area (Å²) in [5.41, 5.74) is 5.92. The van der Waals surface area contributed by atoms with Gasteiger partial charge in [-0.25, -0.2) is 0 Å². The van der Waals surface area contributed by atoms with Gasteiger partial charge in [-0.05, 0) is 43.9 Å². The minimum absolute atomic E-state index is 0.143. The van der Waals surface area contributed by atoms with Gasteiger partial charge in [0.2, 0.25) is 5.91 Å². The fraction of sp³-hybridized carbons (Fsp3) is 0.591. The van der Waals surface area contributed by atoms with Crippen molar-refractivity contribution in [2.24, 2.45) is 5.73 Å². The lowest BCUT2D eigenvalue weighted by molar-refractivity contribution is -0.137. The van der Waals surface area contributed by atoms with Crippen LogP contribution < -0.4 is 11.1 Å². The lowest BCUT2D eigenvalue weighted by Crippen LogP contribution is -2.52. The van der Waals surface area contributed by atoms with Crippen molar-refractivity contribution >= 4 is 12.2 Å². The molecule has 32 heavy (non-hydrogen) atoms. The Morgan fingerprint density at radius 3 is 2.84 bits per heavy atom. The van der Waals surface area contributed by atoms with Gasteiger partial charge in [-0.15, -0.1) is 0 Å². The number of benzene rings is 1. The fourth-order valence-electron chi connectivity index (χ4n) is 4.55. The molecule has 2 aliphatic rings. The molecule has 1 amide bonds. The molecular formula is C22H28F3N5O2. The summed E-state index contributed by atoms with van der Waals surface area (Å²) in [7, 11) is 0. The summed E-state index contributed by atoms with van der Waals surface area (Å²) in [5, 5.41) is 12.5. The molecule has 0 spiro atoms. The zero-order valence-corrected chi connectivity index (χ0v) is 17.9. The van der Waals surface area contributed by atoms with Gasteiger partial charge in [-0.1, -0.05) is 12.1 Å². The Hall–Kier alpha value is -2.48. The van der Waals surface area contributed by atoms with Crippen LogP contribution >= 0.6 is 0 Å². The van der Waals surface area contributed by atoms with Gasteiger partial charge in [-0.3, -0.25) is 9.69 Å². The van der Waals surface area contributed by atoms with Gasteiger partial charge < -0.3 is 20.7 Å². The minimum atomic E-state index is -4.41. The molecule has 7 nitrogen and oxygen atoms in total. The van der Waals surface area contributed by atoms with Gasteiger partial charge in [0.25, 0.3) is 0 Å². The number of hydrogen-bond donors (Lipinski definition) is 2. The summed E-state index contributed by atoms with van der Waals surface area (Å²) in [4.78, 5) is 27.6. The van der Waals surface area contributed by atoms with Crippen LogP contribution in [0.15, 0.2) is 24.3 Å². The molecule has 0 aromatic heterocycles. The number of aldehydes is 1. The Morgan fingerprint density at radius 2 is 2.19 bits per heavy atom. The van der Waals surface area contributed by atoms with Crippen LogP contribution in [-0.2, 0) is 15.8 Å². The molecule has 0 bridgehead atoms. The number of hydrogen-bond acceptors (Lipinski definition) is 6. The molecule has 3 rings (SSSR count). The van der Waals surface area contributed by atoms with Crippen molar-refractivity contribution in [1.29, 1.82) is 5.26 Å². The number of nitriles is 1. The number of alkyl halides is 3. The van der Waals surface area contributed by atoms with E-state index in [0.717, 1.165) is 24.8 Å². The number of nitrogens with one attached hydrogen (secondary N) is 1. The van der Waals surface area contributed by atoms with Gasteiger partial charge in [-0.2, -0.15) is 18.4 Å². The topological polar surface area (TPSA) is 102 Å². The van der Waals surface area contributed by atoms with Crippen LogP contribution in [0, 0.1) is 11.3 Å². The van der Waals surface area contributed by atoms with E-state index in [9.17, 15) is 28.0 Å². The van der Waals surface area contributed by atoms with E-state index in [1.54, 1.807) is 13.0 Å². The first-order chi connectivity index (χ1) is 15.1. The molecule has 2 heterocycles. The normalized spacial score (nSPS) is 26.0. The van der Waals surface area contributed by atoms with Gasteiger partial charge in [0.15, 0.2) is 0 Å². The van der Waals surface area contributed by atoms with E-state index < -0.39 is 29.9 Å². The molecule has 1 aromatic carbocycles. The van der Waals surface area contributed by atoms with Crippen molar-refractivity contribution < 1.29 is 22.8 Å². The smallest absolute Gasteiger partial charge is 0.325 e. The molecule has 2 fully saturated rings. The van der Waals surface area contributed by atoms with E-state index in [-0.39, 0.29) is 24.5 Å². The molecule has 2 saturated heterocycles. The molecule has 1 aromatic rings. The number of likely N-dealkylation sites (tertiary alicyclic amines) is 2. The fourth-order valence-corrected chi connectivity index (χ4v) is 4.55. The number of carbonyl (C=O) groups excluding carboxylic acids is 2. The number of carbonyl (C=O) groups is 2. The number of nitrogens with two attached hydrogens (primary N) is 1. The highest BCUT2D eigenvalue weighted by atomic mass is 19.4. The average Bonchev–Trinajstić information content (AvgIpc) is 3.39. The van der Waals surface area contributed by atoms with Crippen LogP contribution in [0.25, 0.3) is 0 Å². The Bertz CT molecular complexity index is 872. The van der Waals surface area contributed by atoms with E-state index >= 15 is 0 Å². The van der Waals surface area contributed by atoms with Crippen molar-refractivity contribution in [3.8, 4) is 6.07 Å². The molecule has 3 N–H and O–H groups in total. The first kappa shape index (κ1) is 24.2. The zero-order chi connectivity index (χ0) is 23.5. The Balaban J connectivity index is 1.60. The van der Waals surface area contributed by atoms with Crippen LogP contribution in [0.5, 0.6) is 0 Å². The number of amides is 1. The Kier molecular flexibility index (Phi) is 7.54. The number of rotatable bonds is 7. The highest BCUT2D eigenvalue weighted by Crippen LogP contribution is 2.31. The van der Waals surface area contributed by atoms with Crippen LogP contribution in [-0.4, -0.2) is 65.8 Å². The summed E-state index contributed by atoms with van der Waals surface area (Å²) in [6.07, 6.45) is -1.74. The predicted octanol–water partition coefficient (Wildman–Crippen LogP) is 1.84. The standard InChI is InChI=1S/C22H28F3N5O2/c1-14(15-4-2-5-16(8-15)22(23,24)25)28-17-9-19(13-31)29(11-17)12-20(27)21(32)30-7-3-6-18(30)10-26/h2,4-5,8,13-14,17-20,28H,3,6-7,9,11-12,27H2,1H3/t14-,17?,18?,19?,20?/m0/s1. The third kappa shape index (κ3) is 5.46. The quantitative estimate of drug-likeness (QED) is 0.614. The Labute approximate surface area is 185 Å². The molecule has 5 atom stereocenters. The minimum Gasteiger partial charge on any atom is -0.325 e. The molecule has 0 aliphatic carbocycles. The van der Waals surface area contributed by atoms with Crippen molar-refractivity contribution in [3.63, 3.8) is 0 Å². The van der Waals surface area contributed by atoms with E-state index in [0.29, 0.717) is 31.5 Å². The van der Waals surface area contributed by atoms with E-state index in [2.05, 4.69) is 11.4 Å². The number of nitrogens with zero attached hydrogens (tertiary/aromatic N) is 3. The molecule has 174 valence electrons. The van der Waals surface area contributed by atoms with Crippen LogP contribution in [0.1, 0.15) is 43.4 Å². The zero-order valence-electron chi connectivity index (χ0n) is 17.9. The summed E-state index contributed by atoms with van der Waals surface area (Å²) >= 11 is 0. The monoisotopic (exact) mass is 451 g/mol. The second-order valence-electron chi connectivity index (χ2n) is 8.53. The lowest BCUT2D eigenvalue weighted by Gasteiger charge is -2.28. The van der Waals surface area contributed by atoms with Gasteiger partial charge in [0, 0.05) is 31.7 Å². The third-order valence-corrected chi connectivity index (χ3v) is 6.24. The Morgan fingerprint density at radius 1 is 1.44 bits per heavy atom. The lowest BCUT2D eigenvalue weighted by atomic mass is 10.0. The molecular weight excluding hydrogens is 423 g/mol. The maximum absolute atomic E-state index is 13.0. The number of halogens is 3. The first-order valence-electron chi connectivity index (χ1n) is 10.7. The third-order valence-electron chi connectivity index (χ3n) is 6.24. The molecule has 0 saturated carbocycles. The molecule has 2 aliphatic heterocycles. The predicted molar refractivity (Wildman–Crippen MR) is 111 cm³/mol. The maximum Gasteiger partial charge on any atom is 0.416 e. The summed E-state index contributed by atoms with van der Waals surface area (Å²) in [6, 6.07) is 5.03. The van der Waals surface area contributed by atoms with E-state index in [4.69, 9.17) is 5.73 Å². The SMILES string of the molecule is C[C@H](NC1CC(C=O)N(CC(N)C(=O)N2CCCC2C#N)C1)c1cccc(C(F)(F)F)c1. The van der Waals surface area contributed by atoms with Gasteiger partial charge in [0.1, 0.15) is 12.3 Å². The van der Waals surface area contributed by atoms with E-state index in [1.165, 1.54) is 11.0 Å².